The minimum atomic E-state index is -0.110. The third-order valence-corrected chi connectivity index (χ3v) is 5.49. The fraction of sp³-hybridized carbons (Fsp3) is 0.333. The molecule has 2 aromatic carbocycles. The Bertz CT molecular complexity index is 914. The van der Waals surface area contributed by atoms with Crippen molar-refractivity contribution < 1.29 is 9.21 Å². The average Bonchev–Trinajstić information content (AvgIpc) is 3.12. The Hall–Kier alpha value is -2.53. The fourth-order valence-electron chi connectivity index (χ4n) is 3.56. The number of amides is 1. The van der Waals surface area contributed by atoms with E-state index in [1.807, 2.05) is 55.5 Å². The molecule has 3 aromatic rings. The number of hydrogen-bond acceptors (Lipinski definition) is 4. The van der Waals surface area contributed by atoms with E-state index in [0.717, 1.165) is 42.6 Å². The summed E-state index contributed by atoms with van der Waals surface area (Å²) in [6.07, 6.45) is 1.56. The zero-order chi connectivity index (χ0) is 18.8. The average molecular weight is 384 g/mol. The summed E-state index contributed by atoms with van der Waals surface area (Å²) in [6.45, 7) is 3.48. The van der Waals surface area contributed by atoms with Crippen LogP contribution in [-0.2, 0) is 4.79 Å². The first-order chi connectivity index (χ1) is 13.1. The highest BCUT2D eigenvalue weighted by Gasteiger charge is 2.28. The molecule has 0 aliphatic carbocycles. The second kappa shape index (κ2) is 7.61. The van der Waals surface area contributed by atoms with Crippen LogP contribution in [0.5, 0.6) is 0 Å². The number of aromatic nitrogens is 1. The molecule has 0 unspecified atom stereocenters. The predicted octanol–water partition coefficient (Wildman–Crippen LogP) is 4.58. The Labute approximate surface area is 163 Å². The molecule has 6 heteroatoms. The van der Waals surface area contributed by atoms with Gasteiger partial charge in [0.05, 0.1) is 6.04 Å². The summed E-state index contributed by atoms with van der Waals surface area (Å²) in [5.41, 5.74) is 2.60. The SMILES string of the molecule is C[C@H](NC(=O)C1CCN(c2nc3ccccc3o2)CC1)c1ccccc1Cl. The van der Waals surface area contributed by atoms with Crippen molar-refractivity contribution in [3.05, 3.63) is 59.1 Å². The molecule has 2 heterocycles. The van der Waals surface area contributed by atoms with Crippen LogP contribution in [0.2, 0.25) is 5.02 Å². The third kappa shape index (κ3) is 3.78. The number of oxazole rings is 1. The number of anilines is 1. The smallest absolute Gasteiger partial charge is 0.298 e. The number of nitrogens with one attached hydrogen (secondary N) is 1. The number of hydrogen-bond donors (Lipinski definition) is 1. The molecule has 1 fully saturated rings. The van der Waals surface area contributed by atoms with Gasteiger partial charge >= 0.3 is 0 Å². The number of nitrogens with zero attached hydrogens (tertiary/aromatic N) is 2. The van der Waals surface area contributed by atoms with Crippen LogP contribution in [0.15, 0.2) is 52.9 Å². The Morgan fingerprint density at radius 3 is 2.63 bits per heavy atom. The van der Waals surface area contributed by atoms with Crippen molar-refractivity contribution in [1.82, 2.24) is 10.3 Å². The largest absolute Gasteiger partial charge is 0.423 e. The fourth-order valence-corrected chi connectivity index (χ4v) is 3.86. The number of piperidine rings is 1. The molecule has 0 bridgehead atoms. The first-order valence-corrected chi connectivity index (χ1v) is 9.65. The van der Waals surface area contributed by atoms with Gasteiger partial charge in [0.25, 0.3) is 6.01 Å². The minimum Gasteiger partial charge on any atom is -0.423 e. The Balaban J connectivity index is 1.36. The number of rotatable bonds is 4. The van der Waals surface area contributed by atoms with Crippen molar-refractivity contribution in [2.24, 2.45) is 5.92 Å². The van der Waals surface area contributed by atoms with Gasteiger partial charge in [-0.1, -0.05) is 41.9 Å². The van der Waals surface area contributed by atoms with E-state index in [2.05, 4.69) is 15.2 Å². The predicted molar refractivity (Wildman–Crippen MR) is 107 cm³/mol. The maximum Gasteiger partial charge on any atom is 0.298 e. The minimum absolute atomic E-state index is 0.00411. The molecular weight excluding hydrogens is 362 g/mol. The van der Waals surface area contributed by atoms with Gasteiger partial charge < -0.3 is 14.6 Å². The van der Waals surface area contributed by atoms with Gasteiger partial charge in [-0.3, -0.25) is 4.79 Å². The van der Waals surface area contributed by atoms with Gasteiger partial charge in [0.1, 0.15) is 5.52 Å². The summed E-state index contributed by atoms with van der Waals surface area (Å²) in [6, 6.07) is 15.9. The lowest BCUT2D eigenvalue weighted by atomic mass is 9.95. The molecule has 0 spiro atoms. The van der Waals surface area contributed by atoms with E-state index in [9.17, 15) is 4.79 Å². The maximum atomic E-state index is 12.7. The van der Waals surface area contributed by atoms with E-state index >= 15 is 0 Å². The Morgan fingerprint density at radius 2 is 1.89 bits per heavy atom. The summed E-state index contributed by atoms with van der Waals surface area (Å²) in [7, 11) is 0. The van der Waals surface area contributed by atoms with Crippen LogP contribution in [-0.4, -0.2) is 24.0 Å². The van der Waals surface area contributed by atoms with Crippen molar-refractivity contribution in [2.45, 2.75) is 25.8 Å². The quantitative estimate of drug-likeness (QED) is 0.716. The first-order valence-electron chi connectivity index (χ1n) is 9.27. The molecule has 1 aliphatic rings. The monoisotopic (exact) mass is 383 g/mol. The van der Waals surface area contributed by atoms with Gasteiger partial charge in [-0.2, -0.15) is 4.98 Å². The molecule has 5 nitrogen and oxygen atoms in total. The second-order valence-electron chi connectivity index (χ2n) is 6.98. The summed E-state index contributed by atoms with van der Waals surface area (Å²) in [5.74, 6) is 0.0789. The van der Waals surface area contributed by atoms with Crippen molar-refractivity contribution in [2.75, 3.05) is 18.0 Å². The maximum absolute atomic E-state index is 12.7. The number of benzene rings is 2. The molecule has 4 rings (SSSR count). The van der Waals surface area contributed by atoms with Gasteiger partial charge in [-0.15, -0.1) is 0 Å². The molecule has 1 N–H and O–H groups in total. The highest BCUT2D eigenvalue weighted by Crippen LogP contribution is 2.27. The zero-order valence-corrected chi connectivity index (χ0v) is 15.9. The van der Waals surface area contributed by atoms with Crippen molar-refractivity contribution >= 4 is 34.6 Å². The van der Waals surface area contributed by atoms with Crippen LogP contribution in [0, 0.1) is 5.92 Å². The number of para-hydroxylation sites is 2. The lowest BCUT2D eigenvalue weighted by Gasteiger charge is -2.30. The van der Waals surface area contributed by atoms with Crippen molar-refractivity contribution in [3.8, 4) is 0 Å². The van der Waals surface area contributed by atoms with Crippen LogP contribution < -0.4 is 10.2 Å². The summed E-state index contributed by atoms with van der Waals surface area (Å²) in [4.78, 5) is 19.3. The summed E-state index contributed by atoms with van der Waals surface area (Å²) >= 11 is 6.23. The van der Waals surface area contributed by atoms with Crippen LogP contribution >= 0.6 is 11.6 Å². The summed E-state index contributed by atoms with van der Waals surface area (Å²) < 4.78 is 5.84. The Kier molecular flexibility index (Phi) is 5.03. The molecule has 0 radical (unpaired) electrons. The van der Waals surface area contributed by atoms with E-state index < -0.39 is 0 Å². The first kappa shape index (κ1) is 17.9. The topological polar surface area (TPSA) is 58.4 Å². The highest BCUT2D eigenvalue weighted by molar-refractivity contribution is 6.31. The van der Waals surface area contributed by atoms with Gasteiger partial charge in [-0.05, 0) is 43.5 Å². The third-order valence-electron chi connectivity index (χ3n) is 5.15. The number of carbonyl (C=O) groups excluding carboxylic acids is 1. The molecule has 27 heavy (non-hydrogen) atoms. The molecule has 1 saturated heterocycles. The second-order valence-corrected chi connectivity index (χ2v) is 7.38. The van der Waals surface area contributed by atoms with E-state index in [0.29, 0.717) is 11.0 Å². The van der Waals surface area contributed by atoms with Gasteiger partial charge in [0, 0.05) is 24.0 Å². The molecule has 140 valence electrons. The van der Waals surface area contributed by atoms with Crippen LogP contribution in [0.1, 0.15) is 31.4 Å². The molecule has 0 saturated carbocycles. The molecule has 1 aromatic heterocycles. The Morgan fingerprint density at radius 1 is 1.19 bits per heavy atom. The van der Waals surface area contributed by atoms with Crippen LogP contribution in [0.3, 0.4) is 0 Å². The lowest BCUT2D eigenvalue weighted by molar-refractivity contribution is -0.126. The highest BCUT2D eigenvalue weighted by atomic mass is 35.5. The van der Waals surface area contributed by atoms with E-state index in [4.69, 9.17) is 16.0 Å². The van der Waals surface area contributed by atoms with Gasteiger partial charge in [-0.25, -0.2) is 0 Å². The summed E-state index contributed by atoms with van der Waals surface area (Å²) in [5, 5.41) is 3.78. The van der Waals surface area contributed by atoms with Gasteiger partial charge in [0.15, 0.2) is 5.58 Å². The van der Waals surface area contributed by atoms with Crippen LogP contribution in [0.4, 0.5) is 6.01 Å². The number of carbonyl (C=O) groups is 1. The van der Waals surface area contributed by atoms with Crippen LogP contribution in [0.25, 0.3) is 11.1 Å². The molecule has 1 aliphatic heterocycles. The lowest BCUT2D eigenvalue weighted by Crippen LogP contribution is -2.41. The standard InChI is InChI=1S/C21H22ClN3O2/c1-14(16-6-2-3-7-17(16)22)23-20(26)15-10-12-25(13-11-15)21-24-18-8-4-5-9-19(18)27-21/h2-9,14-15H,10-13H2,1H3,(H,23,26)/t14-/m0/s1. The van der Waals surface area contributed by atoms with E-state index in [-0.39, 0.29) is 17.9 Å². The van der Waals surface area contributed by atoms with Crippen molar-refractivity contribution in [3.63, 3.8) is 0 Å². The van der Waals surface area contributed by atoms with Crippen molar-refractivity contribution in [1.29, 1.82) is 0 Å². The number of halogens is 1. The van der Waals surface area contributed by atoms with E-state index in [1.54, 1.807) is 0 Å². The normalized spacial score (nSPS) is 16.4. The molecule has 1 atom stereocenters. The van der Waals surface area contributed by atoms with E-state index in [1.165, 1.54) is 0 Å². The molecule has 1 amide bonds. The zero-order valence-electron chi connectivity index (χ0n) is 15.2. The van der Waals surface area contributed by atoms with Gasteiger partial charge in [0.2, 0.25) is 5.91 Å². The number of fused-ring (bicyclic) bond motifs is 1. The molecular formula is C21H22ClN3O2.